The van der Waals surface area contributed by atoms with Crippen molar-refractivity contribution in [1.82, 2.24) is 4.90 Å². The zero-order valence-electron chi connectivity index (χ0n) is 10.3. The Hall–Kier alpha value is -1.39. The molecule has 96 valence electrons. The molecule has 0 aliphatic carbocycles. The van der Waals surface area contributed by atoms with Crippen molar-refractivity contribution in [3.05, 3.63) is 35.9 Å². The first kappa shape index (κ1) is 11.7. The second-order valence-electron chi connectivity index (χ2n) is 5.01. The van der Waals surface area contributed by atoms with Crippen LogP contribution in [0.25, 0.3) is 0 Å². The highest BCUT2D eigenvalue weighted by Crippen LogP contribution is 2.40. The van der Waals surface area contributed by atoms with Gasteiger partial charge in [-0.05, 0) is 19.4 Å². The Morgan fingerprint density at radius 1 is 1.33 bits per heavy atom. The number of benzene rings is 1. The lowest BCUT2D eigenvalue weighted by Crippen LogP contribution is -2.32. The number of amides is 1. The molecule has 2 saturated heterocycles. The molecule has 0 spiro atoms. The second-order valence-corrected chi connectivity index (χ2v) is 5.01. The largest absolute Gasteiger partial charge is 0.352 e. The molecular formula is C14H18N2O2. The monoisotopic (exact) mass is 246 g/mol. The Bertz CT molecular complexity index is 435. The van der Waals surface area contributed by atoms with Crippen molar-refractivity contribution in [2.24, 2.45) is 11.7 Å². The number of hydrogen-bond donors (Lipinski definition) is 1. The maximum atomic E-state index is 12.4. The van der Waals surface area contributed by atoms with Gasteiger partial charge in [-0.1, -0.05) is 30.3 Å². The molecule has 2 heterocycles. The Morgan fingerprint density at radius 2 is 2.11 bits per heavy atom. The van der Waals surface area contributed by atoms with Crippen LogP contribution in [0.5, 0.6) is 0 Å². The molecule has 0 saturated carbocycles. The number of ether oxygens (including phenoxy) is 1. The van der Waals surface area contributed by atoms with Crippen LogP contribution >= 0.6 is 0 Å². The lowest BCUT2D eigenvalue weighted by Gasteiger charge is -2.23. The first-order chi connectivity index (χ1) is 8.81. The molecule has 0 unspecified atom stereocenters. The molecule has 18 heavy (non-hydrogen) atoms. The van der Waals surface area contributed by atoms with Gasteiger partial charge in [-0.3, -0.25) is 4.79 Å². The molecule has 2 aliphatic heterocycles. The van der Waals surface area contributed by atoms with E-state index in [0.29, 0.717) is 13.2 Å². The van der Waals surface area contributed by atoms with E-state index in [1.807, 2.05) is 35.2 Å². The topological polar surface area (TPSA) is 55.6 Å². The summed E-state index contributed by atoms with van der Waals surface area (Å²) in [5.74, 6) is 0.298. The van der Waals surface area contributed by atoms with Crippen LogP contribution in [0.4, 0.5) is 0 Å². The van der Waals surface area contributed by atoms with Gasteiger partial charge in [-0.15, -0.1) is 0 Å². The molecular weight excluding hydrogens is 228 g/mol. The van der Waals surface area contributed by atoms with Crippen LogP contribution < -0.4 is 5.73 Å². The lowest BCUT2D eigenvalue weighted by atomic mass is 10.0. The summed E-state index contributed by atoms with van der Waals surface area (Å²) in [5.41, 5.74) is 6.62. The highest BCUT2D eigenvalue weighted by Gasteiger charge is 2.47. The maximum Gasteiger partial charge on any atom is 0.228 e. The average Bonchev–Trinajstić information content (AvgIpc) is 2.93. The molecule has 3 rings (SSSR count). The van der Waals surface area contributed by atoms with Crippen molar-refractivity contribution in [1.29, 1.82) is 0 Å². The van der Waals surface area contributed by atoms with Gasteiger partial charge in [-0.2, -0.15) is 0 Å². The van der Waals surface area contributed by atoms with E-state index in [1.54, 1.807) is 0 Å². The van der Waals surface area contributed by atoms with Crippen LogP contribution in [-0.2, 0) is 9.53 Å². The highest BCUT2D eigenvalue weighted by atomic mass is 16.5. The predicted octanol–water partition coefficient (Wildman–Crippen LogP) is 1.28. The Labute approximate surface area is 107 Å². The number of hydrogen-bond acceptors (Lipinski definition) is 3. The summed E-state index contributed by atoms with van der Waals surface area (Å²) < 4.78 is 5.78. The minimum atomic E-state index is -0.202. The molecule has 4 nitrogen and oxygen atoms in total. The van der Waals surface area contributed by atoms with Crippen LogP contribution in [0.3, 0.4) is 0 Å². The van der Waals surface area contributed by atoms with Crippen molar-refractivity contribution in [2.45, 2.75) is 25.1 Å². The summed E-state index contributed by atoms with van der Waals surface area (Å²) in [7, 11) is 0. The fourth-order valence-corrected chi connectivity index (χ4v) is 2.99. The molecule has 2 N–H and O–H groups in total. The molecule has 2 aliphatic rings. The van der Waals surface area contributed by atoms with Crippen molar-refractivity contribution in [3.63, 3.8) is 0 Å². The number of carbonyl (C=O) groups is 1. The van der Waals surface area contributed by atoms with Crippen LogP contribution in [0.15, 0.2) is 30.3 Å². The summed E-state index contributed by atoms with van der Waals surface area (Å²) in [6, 6.07) is 10.2. The summed E-state index contributed by atoms with van der Waals surface area (Å²) in [5, 5.41) is 0. The third-order valence-electron chi connectivity index (χ3n) is 3.85. The van der Waals surface area contributed by atoms with Gasteiger partial charge < -0.3 is 15.4 Å². The van der Waals surface area contributed by atoms with E-state index in [4.69, 9.17) is 10.5 Å². The van der Waals surface area contributed by atoms with E-state index in [0.717, 1.165) is 18.4 Å². The summed E-state index contributed by atoms with van der Waals surface area (Å²) in [6.45, 7) is 1.22. The summed E-state index contributed by atoms with van der Waals surface area (Å²) in [6.07, 6.45) is 1.47. The number of nitrogens with zero attached hydrogens (tertiary/aromatic N) is 1. The third kappa shape index (κ3) is 1.82. The van der Waals surface area contributed by atoms with Crippen LogP contribution in [0.2, 0.25) is 0 Å². The van der Waals surface area contributed by atoms with E-state index >= 15 is 0 Å². The fraction of sp³-hybridized carbons (Fsp3) is 0.500. The van der Waals surface area contributed by atoms with E-state index in [9.17, 15) is 4.79 Å². The molecule has 1 aromatic rings. The standard InChI is InChI=1S/C14H18N2O2/c15-7-6-11-8-12-9-18-14(16(12)13(11)17)10-4-2-1-3-5-10/h1-5,11-12,14H,6-9,15H2/t11-,12-,14+/m0/s1. The lowest BCUT2D eigenvalue weighted by molar-refractivity contribution is -0.137. The van der Waals surface area contributed by atoms with E-state index in [-0.39, 0.29) is 24.1 Å². The zero-order chi connectivity index (χ0) is 12.5. The first-order valence-electron chi connectivity index (χ1n) is 6.50. The van der Waals surface area contributed by atoms with Crippen LogP contribution in [-0.4, -0.2) is 30.0 Å². The molecule has 1 amide bonds. The van der Waals surface area contributed by atoms with Gasteiger partial charge in [0.2, 0.25) is 5.91 Å². The van der Waals surface area contributed by atoms with Gasteiger partial charge in [0, 0.05) is 11.5 Å². The van der Waals surface area contributed by atoms with Gasteiger partial charge in [0.1, 0.15) is 0 Å². The Kier molecular flexibility index (Phi) is 3.06. The van der Waals surface area contributed by atoms with Crippen molar-refractivity contribution in [2.75, 3.05) is 13.2 Å². The van der Waals surface area contributed by atoms with Gasteiger partial charge in [0.05, 0.1) is 12.6 Å². The van der Waals surface area contributed by atoms with Gasteiger partial charge >= 0.3 is 0 Å². The van der Waals surface area contributed by atoms with Crippen molar-refractivity contribution >= 4 is 5.91 Å². The van der Waals surface area contributed by atoms with E-state index in [1.165, 1.54) is 0 Å². The van der Waals surface area contributed by atoms with E-state index < -0.39 is 0 Å². The van der Waals surface area contributed by atoms with Crippen molar-refractivity contribution < 1.29 is 9.53 Å². The quantitative estimate of drug-likeness (QED) is 0.874. The van der Waals surface area contributed by atoms with E-state index in [2.05, 4.69) is 0 Å². The number of carbonyl (C=O) groups excluding carboxylic acids is 1. The zero-order valence-corrected chi connectivity index (χ0v) is 10.3. The average molecular weight is 246 g/mol. The summed E-state index contributed by atoms with van der Waals surface area (Å²) >= 11 is 0. The van der Waals surface area contributed by atoms with Crippen LogP contribution in [0.1, 0.15) is 24.6 Å². The third-order valence-corrected chi connectivity index (χ3v) is 3.85. The minimum absolute atomic E-state index is 0.0927. The van der Waals surface area contributed by atoms with Gasteiger partial charge in [-0.25, -0.2) is 0 Å². The Morgan fingerprint density at radius 3 is 2.83 bits per heavy atom. The second kappa shape index (κ2) is 4.71. The highest BCUT2D eigenvalue weighted by molar-refractivity contribution is 5.82. The van der Waals surface area contributed by atoms with Crippen molar-refractivity contribution in [3.8, 4) is 0 Å². The fourth-order valence-electron chi connectivity index (χ4n) is 2.99. The van der Waals surface area contributed by atoms with Gasteiger partial charge in [0.15, 0.2) is 6.23 Å². The molecule has 1 aromatic carbocycles. The Balaban J connectivity index is 1.82. The maximum absolute atomic E-state index is 12.4. The molecule has 0 aromatic heterocycles. The molecule has 0 radical (unpaired) electrons. The molecule has 3 atom stereocenters. The summed E-state index contributed by atoms with van der Waals surface area (Å²) in [4.78, 5) is 14.3. The van der Waals surface area contributed by atoms with Gasteiger partial charge in [0.25, 0.3) is 0 Å². The SMILES string of the molecule is NCC[C@H]1C[C@H]2CO[C@H](c3ccccc3)N2C1=O. The number of nitrogens with two attached hydrogens (primary N) is 1. The smallest absolute Gasteiger partial charge is 0.228 e. The van der Waals surface area contributed by atoms with Crippen LogP contribution in [0, 0.1) is 5.92 Å². The minimum Gasteiger partial charge on any atom is -0.352 e. The first-order valence-corrected chi connectivity index (χ1v) is 6.50. The normalized spacial score (nSPS) is 30.8. The number of rotatable bonds is 3. The number of fused-ring (bicyclic) bond motifs is 1. The molecule has 2 fully saturated rings. The predicted molar refractivity (Wildman–Crippen MR) is 67.5 cm³/mol. The molecule has 4 heteroatoms. The molecule has 0 bridgehead atoms.